The molecule has 2 aliphatic heterocycles. The second-order valence-electron chi connectivity index (χ2n) is 7.94. The molecule has 0 spiro atoms. The molecule has 0 N–H and O–H groups in total. The van der Waals surface area contributed by atoms with E-state index in [0.717, 1.165) is 4.90 Å². The minimum atomic E-state index is -0.770. The van der Waals surface area contributed by atoms with Crippen LogP contribution in [0, 0.1) is 0 Å². The molecule has 2 atom stereocenters. The molecule has 0 radical (unpaired) electrons. The van der Waals surface area contributed by atoms with Crippen LogP contribution in [0.25, 0.3) is 0 Å². The van der Waals surface area contributed by atoms with Crippen molar-refractivity contribution >= 4 is 52.6 Å². The number of hydrogen-bond acceptors (Lipinski definition) is 6. The maximum atomic E-state index is 12.9. The van der Waals surface area contributed by atoms with Crippen molar-refractivity contribution < 1.29 is 28.7 Å². The lowest BCUT2D eigenvalue weighted by molar-refractivity contribution is -0.146. The molecule has 10 heteroatoms. The number of nitrogens with zero attached hydrogens (tertiary/aromatic N) is 2. The predicted octanol–water partition coefficient (Wildman–Crippen LogP) is 3.59. The van der Waals surface area contributed by atoms with Gasteiger partial charge in [0.1, 0.15) is 0 Å². The number of esters is 1. The Kier molecular flexibility index (Phi) is 6.43. The first-order valence-corrected chi connectivity index (χ1v) is 11.0. The molecule has 33 heavy (non-hydrogen) atoms. The van der Waals surface area contributed by atoms with Crippen molar-refractivity contribution in [2.24, 2.45) is 0 Å². The number of benzene rings is 2. The van der Waals surface area contributed by atoms with Crippen LogP contribution in [0.1, 0.15) is 44.9 Å². The van der Waals surface area contributed by atoms with Crippen LogP contribution in [0.4, 0.5) is 5.69 Å². The topological polar surface area (TPSA) is 93.2 Å². The van der Waals surface area contributed by atoms with Crippen molar-refractivity contribution in [3.63, 3.8) is 0 Å². The molecule has 2 aromatic rings. The molecule has 4 rings (SSSR count). The number of carbonyl (C=O) groups is 4. The molecule has 0 bridgehead atoms. The van der Waals surface area contributed by atoms with E-state index >= 15 is 0 Å². The molecule has 0 aliphatic carbocycles. The van der Waals surface area contributed by atoms with E-state index < -0.39 is 24.4 Å². The Labute approximate surface area is 199 Å². The van der Waals surface area contributed by atoms with E-state index in [9.17, 15) is 19.2 Å². The third-order valence-electron chi connectivity index (χ3n) is 5.38. The summed E-state index contributed by atoms with van der Waals surface area (Å²) in [5, 5.41) is 0.487. The van der Waals surface area contributed by atoms with E-state index in [2.05, 4.69) is 0 Å². The lowest BCUT2D eigenvalue weighted by atomic mass is 10.1. The summed E-state index contributed by atoms with van der Waals surface area (Å²) in [7, 11) is 0. The van der Waals surface area contributed by atoms with Crippen molar-refractivity contribution in [3.8, 4) is 0 Å². The van der Waals surface area contributed by atoms with Gasteiger partial charge in [-0.3, -0.25) is 14.4 Å². The minimum absolute atomic E-state index is 0.0578. The number of imide groups is 1. The molecule has 2 aliphatic rings. The van der Waals surface area contributed by atoms with E-state index in [-0.39, 0.29) is 50.5 Å². The van der Waals surface area contributed by atoms with E-state index in [0.29, 0.717) is 13.1 Å². The Morgan fingerprint density at radius 2 is 1.64 bits per heavy atom. The predicted molar refractivity (Wildman–Crippen MR) is 121 cm³/mol. The number of rotatable bonds is 4. The lowest BCUT2D eigenvalue weighted by Crippen LogP contribution is -2.49. The number of halogens is 2. The molecule has 0 aromatic heterocycles. The summed E-state index contributed by atoms with van der Waals surface area (Å²) >= 11 is 11.9. The number of carbonyl (C=O) groups excluding carboxylic acids is 4. The zero-order valence-corrected chi connectivity index (χ0v) is 19.4. The lowest BCUT2D eigenvalue weighted by Gasteiger charge is -2.35. The van der Waals surface area contributed by atoms with Gasteiger partial charge in [0.05, 0.1) is 44.6 Å². The fourth-order valence-electron chi connectivity index (χ4n) is 3.91. The van der Waals surface area contributed by atoms with Gasteiger partial charge < -0.3 is 14.4 Å². The maximum Gasteiger partial charge on any atom is 0.338 e. The van der Waals surface area contributed by atoms with Crippen molar-refractivity contribution in [1.82, 2.24) is 4.90 Å². The fraction of sp³-hybridized carbons (Fsp3) is 0.304. The van der Waals surface area contributed by atoms with Crippen LogP contribution in [0.5, 0.6) is 0 Å². The third kappa shape index (κ3) is 4.59. The Morgan fingerprint density at radius 1 is 0.970 bits per heavy atom. The van der Waals surface area contributed by atoms with Gasteiger partial charge >= 0.3 is 5.97 Å². The summed E-state index contributed by atoms with van der Waals surface area (Å²) in [6.07, 6.45) is -0.209. The van der Waals surface area contributed by atoms with Crippen molar-refractivity contribution in [2.45, 2.75) is 26.1 Å². The monoisotopic (exact) mass is 490 g/mol. The molecule has 1 saturated heterocycles. The molecule has 172 valence electrons. The number of morpholine rings is 1. The summed E-state index contributed by atoms with van der Waals surface area (Å²) in [6.45, 7) is 4.14. The number of anilines is 1. The average Bonchev–Trinajstić information content (AvgIpc) is 3.02. The normalized spacial score (nSPS) is 20.1. The van der Waals surface area contributed by atoms with Crippen LogP contribution < -0.4 is 4.90 Å². The summed E-state index contributed by atoms with van der Waals surface area (Å²) in [6, 6.07) is 8.46. The van der Waals surface area contributed by atoms with Gasteiger partial charge in [0.25, 0.3) is 17.7 Å². The van der Waals surface area contributed by atoms with Gasteiger partial charge in [0.15, 0.2) is 6.61 Å². The highest BCUT2D eigenvalue weighted by atomic mass is 35.5. The molecule has 0 unspecified atom stereocenters. The molecule has 1 fully saturated rings. The highest BCUT2D eigenvalue weighted by molar-refractivity contribution is 6.42. The van der Waals surface area contributed by atoms with Crippen LogP contribution in [-0.2, 0) is 14.3 Å². The zero-order chi connectivity index (χ0) is 23.9. The summed E-state index contributed by atoms with van der Waals surface area (Å²) in [5.41, 5.74) is 0.527. The van der Waals surface area contributed by atoms with E-state index in [1.54, 1.807) is 4.90 Å². The Hall–Kier alpha value is -2.94. The van der Waals surface area contributed by atoms with E-state index in [4.69, 9.17) is 32.7 Å². The number of amides is 3. The second-order valence-corrected chi connectivity index (χ2v) is 8.75. The van der Waals surface area contributed by atoms with Gasteiger partial charge in [0, 0.05) is 13.1 Å². The van der Waals surface area contributed by atoms with Crippen LogP contribution in [0.3, 0.4) is 0 Å². The molecule has 3 amide bonds. The first-order valence-electron chi connectivity index (χ1n) is 10.2. The Morgan fingerprint density at radius 3 is 2.30 bits per heavy atom. The number of hydrogen-bond donors (Lipinski definition) is 0. The first kappa shape index (κ1) is 23.2. The quantitative estimate of drug-likeness (QED) is 0.480. The second kappa shape index (κ2) is 9.13. The van der Waals surface area contributed by atoms with Crippen molar-refractivity contribution in [2.75, 3.05) is 24.6 Å². The van der Waals surface area contributed by atoms with Gasteiger partial charge in [0.2, 0.25) is 0 Å². The number of ether oxygens (including phenoxy) is 2. The Bertz CT molecular complexity index is 1160. The van der Waals surface area contributed by atoms with Crippen molar-refractivity contribution in [3.05, 3.63) is 63.1 Å². The van der Waals surface area contributed by atoms with Gasteiger partial charge in [-0.15, -0.1) is 0 Å². The first-order chi connectivity index (χ1) is 15.7. The molecular formula is C23H20Cl2N2O6. The zero-order valence-electron chi connectivity index (χ0n) is 17.8. The summed E-state index contributed by atoms with van der Waals surface area (Å²) in [5.74, 6) is -2.24. The van der Waals surface area contributed by atoms with Crippen LogP contribution >= 0.6 is 23.2 Å². The van der Waals surface area contributed by atoms with Gasteiger partial charge in [-0.25, -0.2) is 9.69 Å². The summed E-state index contributed by atoms with van der Waals surface area (Å²) in [4.78, 5) is 53.2. The average molecular weight is 491 g/mol. The Balaban J connectivity index is 1.47. The molecule has 2 aromatic carbocycles. The van der Waals surface area contributed by atoms with Crippen molar-refractivity contribution in [1.29, 1.82) is 0 Å². The van der Waals surface area contributed by atoms with E-state index in [1.165, 1.54) is 36.4 Å². The van der Waals surface area contributed by atoms with Crippen LogP contribution in [0.2, 0.25) is 10.0 Å². The fourth-order valence-corrected chi connectivity index (χ4v) is 4.20. The molecule has 0 saturated carbocycles. The van der Waals surface area contributed by atoms with Gasteiger partial charge in [-0.05, 0) is 50.2 Å². The molecule has 8 nitrogen and oxygen atoms in total. The molecule has 2 heterocycles. The third-order valence-corrected chi connectivity index (χ3v) is 6.12. The SMILES string of the molecule is C[C@H]1CN(C(=O)COC(=O)c2ccc3c(c2)C(=O)N(c2ccc(Cl)c(Cl)c2)C3=O)C[C@H](C)O1. The molecular weight excluding hydrogens is 471 g/mol. The largest absolute Gasteiger partial charge is 0.452 e. The highest BCUT2D eigenvalue weighted by Gasteiger charge is 2.37. The highest BCUT2D eigenvalue weighted by Crippen LogP contribution is 2.33. The standard InChI is InChI=1S/C23H20Cl2N2O6/c1-12-9-26(10-13(2)33-12)20(28)11-32-23(31)14-3-5-16-17(7-14)22(30)27(21(16)29)15-4-6-18(24)19(25)8-15/h3-8,12-13H,9-11H2,1-2H3/t12-,13-/m0/s1. The van der Waals surface area contributed by atoms with Crippen LogP contribution in [-0.4, -0.2) is 60.5 Å². The maximum absolute atomic E-state index is 12.9. The van der Waals surface area contributed by atoms with Gasteiger partial charge in [-0.1, -0.05) is 23.2 Å². The van der Waals surface area contributed by atoms with Crippen LogP contribution in [0.15, 0.2) is 36.4 Å². The smallest absolute Gasteiger partial charge is 0.338 e. The minimum Gasteiger partial charge on any atom is -0.452 e. The van der Waals surface area contributed by atoms with E-state index in [1.807, 2.05) is 13.8 Å². The number of fused-ring (bicyclic) bond motifs is 1. The summed E-state index contributed by atoms with van der Waals surface area (Å²) < 4.78 is 10.8. The van der Waals surface area contributed by atoms with Gasteiger partial charge in [-0.2, -0.15) is 0 Å².